The van der Waals surface area contributed by atoms with E-state index in [-0.39, 0.29) is 24.4 Å². The van der Waals surface area contributed by atoms with Crippen molar-refractivity contribution in [1.29, 1.82) is 0 Å². The maximum absolute atomic E-state index is 12.5. The molecule has 124 valence electrons. The van der Waals surface area contributed by atoms with Crippen LogP contribution in [-0.4, -0.2) is 35.8 Å². The van der Waals surface area contributed by atoms with E-state index in [2.05, 4.69) is 12.1 Å². The van der Waals surface area contributed by atoms with Crippen LogP contribution in [0.25, 0.3) is 0 Å². The van der Waals surface area contributed by atoms with Crippen molar-refractivity contribution < 1.29 is 9.59 Å². The van der Waals surface area contributed by atoms with Crippen molar-refractivity contribution in [1.82, 2.24) is 4.90 Å². The molecule has 0 N–H and O–H groups in total. The third-order valence-electron chi connectivity index (χ3n) is 4.51. The molecule has 1 aliphatic rings. The Morgan fingerprint density at radius 1 is 1.08 bits per heavy atom. The number of nitrogens with zero attached hydrogens (tertiary/aromatic N) is 2. The summed E-state index contributed by atoms with van der Waals surface area (Å²) in [5.41, 5.74) is 3.23. The predicted molar refractivity (Wildman–Crippen MR) is 94.9 cm³/mol. The van der Waals surface area contributed by atoms with Crippen LogP contribution >= 0.6 is 0 Å². The van der Waals surface area contributed by atoms with Crippen molar-refractivity contribution in [3.05, 3.63) is 65.7 Å². The summed E-state index contributed by atoms with van der Waals surface area (Å²) < 4.78 is 0. The quantitative estimate of drug-likeness (QED) is 0.872. The van der Waals surface area contributed by atoms with Crippen LogP contribution in [0.15, 0.2) is 54.6 Å². The van der Waals surface area contributed by atoms with Crippen molar-refractivity contribution in [2.24, 2.45) is 0 Å². The highest BCUT2D eigenvalue weighted by Gasteiger charge is 2.34. The van der Waals surface area contributed by atoms with Crippen LogP contribution in [-0.2, 0) is 16.0 Å². The number of anilines is 1. The molecule has 2 amide bonds. The Morgan fingerprint density at radius 3 is 2.38 bits per heavy atom. The average molecular weight is 322 g/mol. The summed E-state index contributed by atoms with van der Waals surface area (Å²) in [6.45, 7) is 4.22. The summed E-state index contributed by atoms with van der Waals surface area (Å²) in [4.78, 5) is 28.0. The highest BCUT2D eigenvalue weighted by Crippen LogP contribution is 2.22. The average Bonchev–Trinajstić information content (AvgIpc) is 2.58. The molecule has 0 aromatic heterocycles. The number of carbonyl (C=O) groups is 2. The van der Waals surface area contributed by atoms with Gasteiger partial charge in [0.25, 0.3) is 0 Å². The van der Waals surface area contributed by atoms with Crippen LogP contribution in [0.3, 0.4) is 0 Å². The van der Waals surface area contributed by atoms with Gasteiger partial charge in [-0.2, -0.15) is 0 Å². The molecule has 0 unspecified atom stereocenters. The molecular weight excluding hydrogens is 300 g/mol. The first-order valence-electron chi connectivity index (χ1n) is 8.23. The summed E-state index contributed by atoms with van der Waals surface area (Å²) in [5.74, 6) is -0.0776. The van der Waals surface area contributed by atoms with E-state index in [1.807, 2.05) is 49.4 Å². The van der Waals surface area contributed by atoms with Gasteiger partial charge in [0.05, 0.1) is 6.04 Å². The zero-order chi connectivity index (χ0) is 17.1. The molecular formula is C20H22N2O2. The molecule has 2 aromatic carbocycles. The molecule has 4 nitrogen and oxygen atoms in total. The smallest absolute Gasteiger partial charge is 0.246 e. The molecule has 0 saturated carbocycles. The maximum Gasteiger partial charge on any atom is 0.246 e. The predicted octanol–water partition coefficient (Wildman–Crippen LogP) is 2.80. The fourth-order valence-electron chi connectivity index (χ4n) is 3.17. The molecule has 2 aromatic rings. The molecule has 4 heteroatoms. The molecule has 3 rings (SSSR count). The van der Waals surface area contributed by atoms with Gasteiger partial charge in [0, 0.05) is 19.2 Å². The lowest BCUT2D eigenvalue weighted by Crippen LogP contribution is -2.58. The summed E-state index contributed by atoms with van der Waals surface area (Å²) in [6.07, 6.45) is 0.746. The van der Waals surface area contributed by atoms with Gasteiger partial charge in [0.2, 0.25) is 11.8 Å². The lowest BCUT2D eigenvalue weighted by molar-refractivity contribution is -0.137. The Bertz CT molecular complexity index is 725. The minimum Gasteiger partial charge on any atom is -0.328 e. The van der Waals surface area contributed by atoms with E-state index in [0.29, 0.717) is 6.54 Å². The third-order valence-corrected chi connectivity index (χ3v) is 4.51. The van der Waals surface area contributed by atoms with Crippen molar-refractivity contribution >= 4 is 17.5 Å². The molecule has 0 radical (unpaired) electrons. The summed E-state index contributed by atoms with van der Waals surface area (Å²) in [6, 6.07) is 18.0. The van der Waals surface area contributed by atoms with E-state index in [1.165, 1.54) is 12.5 Å². The number of hydrogen-bond donors (Lipinski definition) is 0. The second-order valence-electron chi connectivity index (χ2n) is 6.33. The molecule has 1 heterocycles. The number of piperazine rings is 1. The van der Waals surface area contributed by atoms with Crippen LogP contribution < -0.4 is 4.90 Å². The Labute approximate surface area is 142 Å². The van der Waals surface area contributed by atoms with Gasteiger partial charge in [-0.15, -0.1) is 0 Å². The van der Waals surface area contributed by atoms with E-state index in [1.54, 1.807) is 9.80 Å². The largest absolute Gasteiger partial charge is 0.328 e. The van der Waals surface area contributed by atoms with Crippen LogP contribution in [0.4, 0.5) is 5.69 Å². The molecule has 1 atom stereocenters. The SMILES string of the molecule is CC(=O)N1CC(=O)N(c2ccc(C)cc2)C[C@@H]1Cc1ccccc1. The monoisotopic (exact) mass is 322 g/mol. The second kappa shape index (κ2) is 6.87. The first-order chi connectivity index (χ1) is 11.5. The van der Waals surface area contributed by atoms with Gasteiger partial charge in [-0.25, -0.2) is 0 Å². The first kappa shape index (κ1) is 16.2. The number of benzene rings is 2. The van der Waals surface area contributed by atoms with Gasteiger partial charge in [0.1, 0.15) is 6.54 Å². The standard InChI is InChI=1S/C20H22N2O2/c1-15-8-10-18(11-9-15)22-13-19(12-17-6-4-3-5-7-17)21(16(2)23)14-20(22)24/h3-11,19H,12-14H2,1-2H3/t19-/m0/s1. The topological polar surface area (TPSA) is 40.6 Å². The van der Waals surface area contributed by atoms with E-state index >= 15 is 0 Å². The molecule has 0 aliphatic carbocycles. The van der Waals surface area contributed by atoms with Crippen molar-refractivity contribution in [2.45, 2.75) is 26.3 Å². The summed E-state index contributed by atoms with van der Waals surface area (Å²) in [5, 5.41) is 0. The lowest BCUT2D eigenvalue weighted by Gasteiger charge is -2.40. The number of carbonyl (C=O) groups excluding carboxylic acids is 2. The second-order valence-corrected chi connectivity index (χ2v) is 6.33. The summed E-state index contributed by atoms with van der Waals surface area (Å²) in [7, 11) is 0. The maximum atomic E-state index is 12.5. The van der Waals surface area contributed by atoms with Crippen molar-refractivity contribution in [3.63, 3.8) is 0 Å². The third kappa shape index (κ3) is 3.48. The molecule has 1 fully saturated rings. The van der Waals surface area contributed by atoms with Crippen LogP contribution in [0.1, 0.15) is 18.1 Å². The molecule has 0 bridgehead atoms. The van der Waals surface area contributed by atoms with Gasteiger partial charge in [-0.05, 0) is 31.0 Å². The Morgan fingerprint density at radius 2 is 1.75 bits per heavy atom. The zero-order valence-electron chi connectivity index (χ0n) is 14.1. The first-order valence-corrected chi connectivity index (χ1v) is 8.23. The minimum absolute atomic E-state index is 0.0103. The van der Waals surface area contributed by atoms with Crippen LogP contribution in [0, 0.1) is 6.92 Å². The van der Waals surface area contributed by atoms with Crippen LogP contribution in [0.5, 0.6) is 0 Å². The van der Waals surface area contributed by atoms with Crippen molar-refractivity contribution in [2.75, 3.05) is 18.0 Å². The zero-order valence-corrected chi connectivity index (χ0v) is 14.1. The normalized spacial score (nSPS) is 17.9. The van der Waals surface area contributed by atoms with Crippen LogP contribution in [0.2, 0.25) is 0 Å². The number of rotatable bonds is 3. The van der Waals surface area contributed by atoms with E-state index in [9.17, 15) is 9.59 Å². The Balaban J connectivity index is 1.85. The fraction of sp³-hybridized carbons (Fsp3) is 0.300. The molecule has 1 saturated heterocycles. The molecule has 0 spiro atoms. The van der Waals surface area contributed by atoms with E-state index in [0.717, 1.165) is 17.7 Å². The minimum atomic E-state index is -0.0483. The highest BCUT2D eigenvalue weighted by molar-refractivity contribution is 5.98. The molecule has 24 heavy (non-hydrogen) atoms. The van der Waals surface area contributed by atoms with Gasteiger partial charge in [-0.1, -0.05) is 48.0 Å². The number of hydrogen-bond acceptors (Lipinski definition) is 2. The number of aryl methyl sites for hydroxylation is 1. The van der Waals surface area contributed by atoms with Gasteiger partial charge < -0.3 is 9.80 Å². The highest BCUT2D eigenvalue weighted by atomic mass is 16.2. The molecule has 1 aliphatic heterocycles. The van der Waals surface area contributed by atoms with Gasteiger partial charge in [0.15, 0.2) is 0 Å². The number of amides is 2. The van der Waals surface area contributed by atoms with E-state index in [4.69, 9.17) is 0 Å². The van der Waals surface area contributed by atoms with Crippen molar-refractivity contribution in [3.8, 4) is 0 Å². The lowest BCUT2D eigenvalue weighted by atomic mass is 10.0. The Hall–Kier alpha value is -2.62. The summed E-state index contributed by atoms with van der Waals surface area (Å²) >= 11 is 0. The fourth-order valence-corrected chi connectivity index (χ4v) is 3.17. The Kier molecular flexibility index (Phi) is 4.65. The van der Waals surface area contributed by atoms with E-state index < -0.39 is 0 Å². The van der Waals surface area contributed by atoms with Gasteiger partial charge >= 0.3 is 0 Å². The van der Waals surface area contributed by atoms with Gasteiger partial charge in [-0.3, -0.25) is 9.59 Å².